The number of ether oxygens (including phenoxy) is 3. The molecule has 3 rings (SSSR count). The maximum Gasteiger partial charge on any atom is 0.297 e. The van der Waals surface area contributed by atoms with Gasteiger partial charge in [-0.1, -0.05) is 17.7 Å². The Morgan fingerprint density at radius 3 is 2.48 bits per heavy atom. The van der Waals surface area contributed by atoms with E-state index in [-0.39, 0.29) is 4.90 Å². The van der Waals surface area contributed by atoms with Crippen molar-refractivity contribution in [2.45, 2.75) is 62.2 Å². The summed E-state index contributed by atoms with van der Waals surface area (Å²) in [6.07, 6.45) is -5.16. The van der Waals surface area contributed by atoms with E-state index in [0.29, 0.717) is 0 Å². The van der Waals surface area contributed by atoms with E-state index in [0.717, 1.165) is 5.56 Å². The van der Waals surface area contributed by atoms with Crippen molar-refractivity contribution in [2.24, 2.45) is 0 Å². The Hall–Kier alpha value is -1.07. The van der Waals surface area contributed by atoms with Crippen molar-refractivity contribution in [3.63, 3.8) is 0 Å². The van der Waals surface area contributed by atoms with Gasteiger partial charge in [0.2, 0.25) is 0 Å². The van der Waals surface area contributed by atoms with Gasteiger partial charge in [0.25, 0.3) is 10.1 Å². The number of fused-ring (bicyclic) bond motifs is 1. The first-order chi connectivity index (χ1) is 11.6. The van der Waals surface area contributed by atoms with Crippen LogP contribution in [0.15, 0.2) is 29.2 Å². The van der Waals surface area contributed by atoms with Gasteiger partial charge in [-0.2, -0.15) is 8.42 Å². The molecule has 2 aliphatic heterocycles. The second-order valence-electron chi connectivity index (χ2n) is 6.68. The zero-order valence-electron chi connectivity index (χ0n) is 14.2. The summed E-state index contributed by atoms with van der Waals surface area (Å²) in [7, 11) is -4.02. The highest BCUT2D eigenvalue weighted by Crippen LogP contribution is 2.38. The first kappa shape index (κ1) is 18.7. The van der Waals surface area contributed by atoms with Crippen LogP contribution in [0.5, 0.6) is 0 Å². The number of aliphatic hydroxyl groups is 2. The molecule has 0 saturated carbocycles. The van der Waals surface area contributed by atoms with Crippen LogP contribution in [0.25, 0.3) is 0 Å². The molecule has 5 atom stereocenters. The SMILES string of the molecule is Cc1ccc(S(=O)(=O)OCC(O)[C@H]2O[C@@H]3OC(C)(C)O[C@H]3C2O)cc1. The van der Waals surface area contributed by atoms with Crippen LogP contribution in [0.2, 0.25) is 0 Å². The molecule has 2 N–H and O–H groups in total. The molecule has 0 aromatic heterocycles. The van der Waals surface area contributed by atoms with Gasteiger partial charge >= 0.3 is 0 Å². The third kappa shape index (κ3) is 3.87. The second kappa shape index (κ2) is 6.58. The molecule has 1 aromatic carbocycles. The molecule has 2 aliphatic rings. The van der Waals surface area contributed by atoms with Crippen molar-refractivity contribution in [3.8, 4) is 0 Å². The molecule has 0 aliphatic carbocycles. The van der Waals surface area contributed by atoms with Crippen molar-refractivity contribution >= 4 is 10.1 Å². The van der Waals surface area contributed by atoms with Gasteiger partial charge in [-0.05, 0) is 32.9 Å². The highest BCUT2D eigenvalue weighted by atomic mass is 32.2. The number of aliphatic hydroxyl groups excluding tert-OH is 2. The Bertz CT molecular complexity index is 714. The lowest BCUT2D eigenvalue weighted by Crippen LogP contribution is -2.43. The molecule has 1 aromatic rings. The van der Waals surface area contributed by atoms with E-state index in [2.05, 4.69) is 0 Å². The zero-order valence-corrected chi connectivity index (χ0v) is 15.0. The summed E-state index contributed by atoms with van der Waals surface area (Å²) in [6.45, 7) is 4.65. The molecule has 2 unspecified atom stereocenters. The molecule has 2 heterocycles. The fourth-order valence-corrected chi connectivity index (χ4v) is 3.79. The molecule has 0 radical (unpaired) electrons. The first-order valence-corrected chi connectivity index (χ1v) is 9.33. The van der Waals surface area contributed by atoms with Gasteiger partial charge in [-0.25, -0.2) is 0 Å². The Labute approximate surface area is 146 Å². The summed E-state index contributed by atoms with van der Waals surface area (Å²) in [5.74, 6) is -0.891. The molecule has 0 spiro atoms. The van der Waals surface area contributed by atoms with Crippen molar-refractivity contribution in [2.75, 3.05) is 6.61 Å². The number of rotatable bonds is 5. The maximum absolute atomic E-state index is 12.1. The lowest BCUT2D eigenvalue weighted by atomic mass is 10.1. The molecular weight excluding hydrogens is 352 g/mol. The van der Waals surface area contributed by atoms with E-state index >= 15 is 0 Å². The van der Waals surface area contributed by atoms with Gasteiger partial charge in [-0.15, -0.1) is 0 Å². The van der Waals surface area contributed by atoms with E-state index in [4.69, 9.17) is 18.4 Å². The zero-order chi connectivity index (χ0) is 18.4. The summed E-state index contributed by atoms with van der Waals surface area (Å²) in [5.41, 5.74) is 0.913. The third-order valence-corrected chi connectivity index (χ3v) is 5.43. The standard InChI is InChI=1S/C16H22O8S/c1-9-4-6-10(7-5-9)25(19,20)21-8-11(17)13-12(18)14-15(22-13)24-16(2,3)23-14/h4-7,11-15,17-18H,8H2,1-3H3/t11?,12?,13-,14+,15-/m1/s1. The number of hydrogen-bond donors (Lipinski definition) is 2. The largest absolute Gasteiger partial charge is 0.388 e. The number of aryl methyl sites for hydroxylation is 1. The average molecular weight is 374 g/mol. The predicted octanol–water partition coefficient (Wildman–Crippen LogP) is 0.299. The minimum Gasteiger partial charge on any atom is -0.388 e. The molecule has 2 saturated heterocycles. The normalized spacial score (nSPS) is 32.5. The van der Waals surface area contributed by atoms with Crippen molar-refractivity contribution in [3.05, 3.63) is 29.8 Å². The Balaban J connectivity index is 1.60. The summed E-state index contributed by atoms with van der Waals surface area (Å²) in [6, 6.07) is 6.14. The highest BCUT2D eigenvalue weighted by Gasteiger charge is 2.56. The molecule has 9 heteroatoms. The van der Waals surface area contributed by atoms with Crippen molar-refractivity contribution in [1.82, 2.24) is 0 Å². The van der Waals surface area contributed by atoms with Crippen LogP contribution in [-0.2, 0) is 28.5 Å². The summed E-state index contributed by atoms with van der Waals surface area (Å²) >= 11 is 0. The van der Waals surface area contributed by atoms with Crippen LogP contribution in [-0.4, -0.2) is 61.7 Å². The fraction of sp³-hybridized carbons (Fsp3) is 0.625. The van der Waals surface area contributed by atoms with Gasteiger partial charge in [0.1, 0.15) is 24.4 Å². The van der Waals surface area contributed by atoms with Crippen LogP contribution < -0.4 is 0 Å². The van der Waals surface area contributed by atoms with E-state index in [1.807, 2.05) is 6.92 Å². The first-order valence-electron chi connectivity index (χ1n) is 7.92. The molecule has 25 heavy (non-hydrogen) atoms. The smallest absolute Gasteiger partial charge is 0.297 e. The van der Waals surface area contributed by atoms with E-state index in [9.17, 15) is 18.6 Å². The van der Waals surface area contributed by atoms with Gasteiger partial charge in [0.15, 0.2) is 12.1 Å². The lowest BCUT2D eigenvalue weighted by molar-refractivity contribution is -0.226. The molecule has 0 amide bonds. The lowest BCUT2D eigenvalue weighted by Gasteiger charge is -2.25. The van der Waals surface area contributed by atoms with Crippen LogP contribution >= 0.6 is 0 Å². The molecule has 2 fully saturated rings. The third-order valence-electron chi connectivity index (χ3n) is 4.14. The minimum absolute atomic E-state index is 0.0107. The number of benzene rings is 1. The summed E-state index contributed by atoms with van der Waals surface area (Å²) in [4.78, 5) is -0.0107. The average Bonchev–Trinajstić information content (AvgIpc) is 2.99. The minimum atomic E-state index is -4.02. The highest BCUT2D eigenvalue weighted by molar-refractivity contribution is 7.86. The number of hydrogen-bond acceptors (Lipinski definition) is 8. The van der Waals surface area contributed by atoms with Crippen molar-refractivity contribution in [1.29, 1.82) is 0 Å². The molecular formula is C16H22O8S. The topological polar surface area (TPSA) is 112 Å². The second-order valence-corrected chi connectivity index (χ2v) is 8.29. The van der Waals surface area contributed by atoms with Gasteiger partial charge in [0, 0.05) is 0 Å². The Morgan fingerprint density at radius 2 is 1.88 bits per heavy atom. The van der Waals surface area contributed by atoms with Crippen LogP contribution in [0.1, 0.15) is 19.4 Å². The van der Waals surface area contributed by atoms with E-state index in [1.54, 1.807) is 26.0 Å². The monoisotopic (exact) mass is 374 g/mol. The van der Waals surface area contributed by atoms with Crippen LogP contribution in [0.3, 0.4) is 0 Å². The molecule has 140 valence electrons. The summed E-state index contributed by atoms with van der Waals surface area (Å²) in [5, 5.41) is 20.4. The fourth-order valence-electron chi connectivity index (χ4n) is 2.86. The van der Waals surface area contributed by atoms with E-state index in [1.165, 1.54) is 12.1 Å². The molecule has 0 bridgehead atoms. The van der Waals surface area contributed by atoms with Gasteiger partial charge in [0.05, 0.1) is 11.5 Å². The van der Waals surface area contributed by atoms with Crippen LogP contribution in [0.4, 0.5) is 0 Å². The Kier molecular flexibility index (Phi) is 4.93. The Morgan fingerprint density at radius 1 is 1.24 bits per heavy atom. The summed E-state index contributed by atoms with van der Waals surface area (Å²) < 4.78 is 45.6. The van der Waals surface area contributed by atoms with Crippen molar-refractivity contribution < 1.29 is 37.0 Å². The predicted molar refractivity (Wildman–Crippen MR) is 85.0 cm³/mol. The van der Waals surface area contributed by atoms with Gasteiger partial charge < -0.3 is 24.4 Å². The van der Waals surface area contributed by atoms with Gasteiger partial charge in [-0.3, -0.25) is 4.18 Å². The quantitative estimate of drug-likeness (QED) is 0.708. The molecule has 8 nitrogen and oxygen atoms in total. The van der Waals surface area contributed by atoms with E-state index < -0.39 is 53.2 Å². The van der Waals surface area contributed by atoms with Crippen LogP contribution in [0, 0.1) is 6.92 Å². The maximum atomic E-state index is 12.1.